The number of likely N-dealkylation sites (N-methyl/N-ethyl adjacent to an activating group) is 1. The highest BCUT2D eigenvalue weighted by Gasteiger charge is 2.21. The molecule has 0 fully saturated rings. The molecule has 132 valence electrons. The summed E-state index contributed by atoms with van der Waals surface area (Å²) in [5, 5.41) is 5.47. The van der Waals surface area contributed by atoms with E-state index in [0.29, 0.717) is 11.4 Å². The number of benzene rings is 2. The van der Waals surface area contributed by atoms with Crippen molar-refractivity contribution >= 4 is 23.2 Å². The Balaban J connectivity index is 1.92. The maximum atomic E-state index is 13.3. The van der Waals surface area contributed by atoms with Gasteiger partial charge in [-0.2, -0.15) is 0 Å². The van der Waals surface area contributed by atoms with Crippen molar-refractivity contribution < 1.29 is 14.0 Å². The Morgan fingerprint density at radius 2 is 1.80 bits per heavy atom. The van der Waals surface area contributed by atoms with Crippen LogP contribution < -0.4 is 10.6 Å². The first-order chi connectivity index (χ1) is 11.9. The highest BCUT2D eigenvalue weighted by molar-refractivity contribution is 5.96. The molecule has 1 atom stereocenters. The molecule has 2 rings (SSSR count). The maximum Gasteiger partial charge on any atom is 0.241 e. The fraction of sp³-hybridized carbons (Fsp3) is 0.263. The molecule has 0 heterocycles. The van der Waals surface area contributed by atoms with Gasteiger partial charge >= 0.3 is 0 Å². The normalized spacial score (nSPS) is 11.9. The van der Waals surface area contributed by atoms with Crippen molar-refractivity contribution in [2.45, 2.75) is 19.9 Å². The second-order valence-electron chi connectivity index (χ2n) is 5.95. The quantitative estimate of drug-likeness (QED) is 0.847. The smallest absolute Gasteiger partial charge is 0.241 e. The molecule has 0 aliphatic rings. The van der Waals surface area contributed by atoms with Crippen LogP contribution >= 0.6 is 0 Å². The summed E-state index contributed by atoms with van der Waals surface area (Å²) in [6, 6.07) is 12.8. The first-order valence-corrected chi connectivity index (χ1v) is 7.99. The van der Waals surface area contributed by atoms with Crippen LogP contribution in [0.4, 0.5) is 15.8 Å². The van der Waals surface area contributed by atoms with Crippen molar-refractivity contribution in [1.29, 1.82) is 0 Å². The zero-order chi connectivity index (χ0) is 18.4. The van der Waals surface area contributed by atoms with E-state index in [4.69, 9.17) is 0 Å². The molecule has 2 aromatic rings. The van der Waals surface area contributed by atoms with E-state index in [0.717, 1.165) is 5.56 Å². The second-order valence-corrected chi connectivity index (χ2v) is 5.95. The van der Waals surface area contributed by atoms with E-state index in [-0.39, 0.29) is 18.4 Å². The Kier molecular flexibility index (Phi) is 6.25. The molecule has 0 aliphatic carbocycles. The number of carbonyl (C=O) groups is 2. The SMILES string of the molecule is Cc1ccc(F)cc1NC(=O)C(C)N(C)CC(=O)Nc1ccccc1. The minimum Gasteiger partial charge on any atom is -0.325 e. The van der Waals surface area contributed by atoms with Crippen molar-refractivity contribution in [2.24, 2.45) is 0 Å². The van der Waals surface area contributed by atoms with Crippen LogP contribution in [0, 0.1) is 12.7 Å². The Hall–Kier alpha value is -2.73. The largest absolute Gasteiger partial charge is 0.325 e. The Morgan fingerprint density at radius 1 is 1.12 bits per heavy atom. The first kappa shape index (κ1) is 18.6. The standard InChI is InChI=1S/C19H22FN3O2/c1-13-9-10-15(20)11-17(13)22-19(25)14(2)23(3)12-18(24)21-16-7-5-4-6-8-16/h4-11,14H,12H2,1-3H3,(H,21,24)(H,22,25). The van der Waals surface area contributed by atoms with E-state index in [1.165, 1.54) is 12.1 Å². The number of halogens is 1. The van der Waals surface area contributed by atoms with E-state index in [1.807, 2.05) is 18.2 Å². The number of carbonyl (C=O) groups excluding carboxylic acids is 2. The van der Waals surface area contributed by atoms with E-state index in [2.05, 4.69) is 10.6 Å². The average Bonchev–Trinajstić information content (AvgIpc) is 2.58. The lowest BCUT2D eigenvalue weighted by Gasteiger charge is -2.23. The van der Waals surface area contributed by atoms with Gasteiger partial charge in [-0.3, -0.25) is 14.5 Å². The number of aryl methyl sites for hydroxylation is 1. The molecule has 0 bridgehead atoms. The highest BCUT2D eigenvalue weighted by atomic mass is 19.1. The van der Waals surface area contributed by atoms with Gasteiger partial charge in [0.05, 0.1) is 12.6 Å². The number of nitrogens with zero attached hydrogens (tertiary/aromatic N) is 1. The first-order valence-electron chi connectivity index (χ1n) is 7.99. The lowest BCUT2D eigenvalue weighted by molar-refractivity contribution is -0.122. The summed E-state index contributed by atoms with van der Waals surface area (Å²) in [5.74, 6) is -0.928. The van der Waals surface area contributed by atoms with Crippen molar-refractivity contribution in [3.63, 3.8) is 0 Å². The number of anilines is 2. The molecule has 0 saturated carbocycles. The molecule has 5 nitrogen and oxygen atoms in total. The van der Waals surface area contributed by atoms with Crippen LogP contribution in [0.5, 0.6) is 0 Å². The van der Waals surface area contributed by atoms with Crippen LogP contribution in [0.15, 0.2) is 48.5 Å². The third-order valence-electron chi connectivity index (χ3n) is 3.95. The Bertz CT molecular complexity index is 750. The third kappa shape index (κ3) is 5.39. The minimum absolute atomic E-state index is 0.0611. The molecule has 0 saturated heterocycles. The summed E-state index contributed by atoms with van der Waals surface area (Å²) in [5.41, 5.74) is 1.90. The summed E-state index contributed by atoms with van der Waals surface area (Å²) in [4.78, 5) is 26.1. The molecule has 2 N–H and O–H groups in total. The van der Waals surface area contributed by atoms with Crippen LogP contribution in [0.2, 0.25) is 0 Å². The maximum absolute atomic E-state index is 13.3. The van der Waals surface area contributed by atoms with Gasteiger partial charge in [-0.25, -0.2) is 4.39 Å². The van der Waals surface area contributed by atoms with Crippen molar-refractivity contribution in [3.05, 3.63) is 59.9 Å². The predicted octanol–water partition coefficient (Wildman–Crippen LogP) is 3.03. The van der Waals surface area contributed by atoms with Crippen molar-refractivity contribution in [2.75, 3.05) is 24.2 Å². The molecule has 6 heteroatoms. The summed E-state index contributed by atoms with van der Waals surface area (Å²) in [6.07, 6.45) is 0. The van der Waals surface area contributed by atoms with Gasteiger partial charge in [0.15, 0.2) is 0 Å². The van der Waals surface area contributed by atoms with E-state index < -0.39 is 11.9 Å². The summed E-state index contributed by atoms with van der Waals surface area (Å²) in [7, 11) is 1.69. The van der Waals surface area contributed by atoms with E-state index in [9.17, 15) is 14.0 Å². The number of para-hydroxylation sites is 1. The topological polar surface area (TPSA) is 61.4 Å². The van der Waals surface area contributed by atoms with Crippen LogP contribution in [0.1, 0.15) is 12.5 Å². The number of amides is 2. The van der Waals surface area contributed by atoms with E-state index in [1.54, 1.807) is 44.0 Å². The highest BCUT2D eigenvalue weighted by Crippen LogP contribution is 2.16. The fourth-order valence-electron chi connectivity index (χ4n) is 2.25. The molecular weight excluding hydrogens is 321 g/mol. The van der Waals surface area contributed by atoms with Crippen LogP contribution in [0.3, 0.4) is 0 Å². The van der Waals surface area contributed by atoms with Gasteiger partial charge in [-0.05, 0) is 50.7 Å². The molecule has 2 aromatic carbocycles. The van der Waals surface area contributed by atoms with Gasteiger partial charge in [-0.1, -0.05) is 24.3 Å². The van der Waals surface area contributed by atoms with Gasteiger partial charge in [0, 0.05) is 11.4 Å². The molecule has 0 aliphatic heterocycles. The lowest BCUT2D eigenvalue weighted by Crippen LogP contribution is -2.43. The van der Waals surface area contributed by atoms with Gasteiger partial charge in [0.2, 0.25) is 11.8 Å². The van der Waals surface area contributed by atoms with Gasteiger partial charge < -0.3 is 10.6 Å². The zero-order valence-corrected chi connectivity index (χ0v) is 14.5. The summed E-state index contributed by atoms with van der Waals surface area (Å²) < 4.78 is 13.3. The van der Waals surface area contributed by atoms with Crippen molar-refractivity contribution in [3.8, 4) is 0 Å². The van der Waals surface area contributed by atoms with Crippen molar-refractivity contribution in [1.82, 2.24) is 4.90 Å². The third-order valence-corrected chi connectivity index (χ3v) is 3.95. The van der Waals surface area contributed by atoms with Gasteiger partial charge in [-0.15, -0.1) is 0 Å². The Labute approximate surface area is 146 Å². The summed E-state index contributed by atoms with van der Waals surface area (Å²) in [6.45, 7) is 3.54. The molecule has 0 spiro atoms. The fourth-order valence-corrected chi connectivity index (χ4v) is 2.25. The Morgan fingerprint density at radius 3 is 2.48 bits per heavy atom. The van der Waals surface area contributed by atoms with Crippen LogP contribution in [-0.4, -0.2) is 36.3 Å². The minimum atomic E-state index is -0.552. The second kappa shape index (κ2) is 8.39. The molecule has 0 aromatic heterocycles. The molecule has 0 radical (unpaired) electrons. The molecule has 25 heavy (non-hydrogen) atoms. The number of hydrogen-bond donors (Lipinski definition) is 2. The predicted molar refractivity (Wildman–Crippen MR) is 96.9 cm³/mol. The monoisotopic (exact) mass is 343 g/mol. The molecule has 1 unspecified atom stereocenters. The van der Waals surface area contributed by atoms with Crippen LogP contribution in [0.25, 0.3) is 0 Å². The number of nitrogens with one attached hydrogen (secondary N) is 2. The van der Waals surface area contributed by atoms with E-state index >= 15 is 0 Å². The average molecular weight is 343 g/mol. The number of rotatable bonds is 6. The zero-order valence-electron chi connectivity index (χ0n) is 14.5. The summed E-state index contributed by atoms with van der Waals surface area (Å²) >= 11 is 0. The molecule has 2 amide bonds. The van der Waals surface area contributed by atoms with Gasteiger partial charge in [0.1, 0.15) is 5.82 Å². The lowest BCUT2D eigenvalue weighted by atomic mass is 10.2. The van der Waals surface area contributed by atoms with Gasteiger partial charge in [0.25, 0.3) is 0 Å². The van der Waals surface area contributed by atoms with Crippen LogP contribution in [-0.2, 0) is 9.59 Å². The number of hydrogen-bond acceptors (Lipinski definition) is 3. The molecular formula is C19H22FN3O2.